The quantitative estimate of drug-likeness (QED) is 0.492. The fourth-order valence-electron chi connectivity index (χ4n) is 3.47. The molecule has 1 atom stereocenters. The number of carboxylic acid groups (broad SMARTS) is 2. The molecule has 0 bridgehead atoms. The van der Waals surface area contributed by atoms with E-state index in [1.165, 1.54) is 0 Å². The molecule has 3 rings (SSSR count). The van der Waals surface area contributed by atoms with Crippen LogP contribution in [-0.2, 0) is 15.2 Å². The molecular formula is C22H25ClN2O5. The summed E-state index contributed by atoms with van der Waals surface area (Å²) in [4.78, 5) is 25.8. The van der Waals surface area contributed by atoms with Gasteiger partial charge in [-0.15, -0.1) is 0 Å². The van der Waals surface area contributed by atoms with Crippen LogP contribution < -0.4 is 0 Å². The Balaban J connectivity index is 0.000000343. The van der Waals surface area contributed by atoms with Crippen LogP contribution in [0.4, 0.5) is 0 Å². The number of carboxylic acids is 2. The van der Waals surface area contributed by atoms with E-state index in [1.54, 1.807) is 6.07 Å². The first kappa shape index (κ1) is 23.5. The molecule has 1 aliphatic heterocycles. The van der Waals surface area contributed by atoms with Crippen molar-refractivity contribution in [1.29, 1.82) is 0 Å². The number of pyridine rings is 1. The summed E-state index contributed by atoms with van der Waals surface area (Å²) >= 11 is 6.07. The fourth-order valence-corrected chi connectivity index (χ4v) is 3.64. The van der Waals surface area contributed by atoms with Crippen LogP contribution in [-0.4, -0.2) is 57.3 Å². The number of nitrogens with zero attached hydrogens (tertiary/aromatic N) is 2. The predicted octanol–water partition coefficient (Wildman–Crippen LogP) is 3.02. The lowest BCUT2D eigenvalue weighted by atomic mass is 9.74. The van der Waals surface area contributed by atoms with Gasteiger partial charge in [-0.2, -0.15) is 0 Å². The van der Waals surface area contributed by atoms with Gasteiger partial charge in [0.15, 0.2) is 0 Å². The van der Waals surface area contributed by atoms with E-state index in [2.05, 4.69) is 16.9 Å². The maximum absolute atomic E-state index is 11.6. The highest BCUT2D eigenvalue weighted by atomic mass is 35.5. The summed E-state index contributed by atoms with van der Waals surface area (Å²) in [5, 5.41) is 27.7. The second kappa shape index (κ2) is 10.9. The van der Waals surface area contributed by atoms with Gasteiger partial charge in [-0.05, 0) is 50.7 Å². The van der Waals surface area contributed by atoms with E-state index < -0.39 is 17.5 Å². The van der Waals surface area contributed by atoms with Crippen LogP contribution in [0, 0.1) is 5.92 Å². The largest absolute Gasteiger partial charge is 0.478 e. The number of halogens is 1. The minimum Gasteiger partial charge on any atom is -0.478 e. The van der Waals surface area contributed by atoms with Crippen LogP contribution >= 0.6 is 11.6 Å². The van der Waals surface area contributed by atoms with E-state index >= 15 is 0 Å². The normalized spacial score (nSPS) is 17.0. The van der Waals surface area contributed by atoms with Crippen molar-refractivity contribution >= 4 is 23.5 Å². The van der Waals surface area contributed by atoms with Gasteiger partial charge in [0.2, 0.25) is 0 Å². The molecule has 3 N–H and O–H groups in total. The average Bonchev–Trinajstić information content (AvgIpc) is 2.73. The Hall–Kier alpha value is -2.74. The molecule has 0 amide bonds. The maximum atomic E-state index is 11.6. The Labute approximate surface area is 180 Å². The van der Waals surface area contributed by atoms with E-state index in [-0.39, 0.29) is 5.92 Å². The molecule has 1 fully saturated rings. The molecule has 1 aromatic heterocycles. The van der Waals surface area contributed by atoms with E-state index in [4.69, 9.17) is 21.8 Å². The summed E-state index contributed by atoms with van der Waals surface area (Å²) in [6.07, 6.45) is 3.00. The third kappa shape index (κ3) is 6.38. The number of hydrogen-bond acceptors (Lipinski definition) is 5. The minimum absolute atomic E-state index is 0.136. The number of aromatic nitrogens is 1. The Bertz CT molecular complexity index is 866. The number of aliphatic hydroxyl groups is 1. The third-order valence-electron chi connectivity index (χ3n) is 5.00. The lowest BCUT2D eigenvalue weighted by molar-refractivity contribution is -0.134. The number of piperidine rings is 1. The molecule has 1 unspecified atom stereocenters. The number of aliphatic carboxylic acids is 2. The third-order valence-corrected chi connectivity index (χ3v) is 5.21. The highest BCUT2D eigenvalue weighted by molar-refractivity contribution is 6.29. The van der Waals surface area contributed by atoms with Crippen molar-refractivity contribution in [2.24, 2.45) is 5.92 Å². The van der Waals surface area contributed by atoms with Crippen molar-refractivity contribution in [2.75, 3.05) is 20.1 Å². The standard InChI is InChI=1S/C18H21ClN2O.C4H4O4/c1-21-12-10-15(11-13-21)18(22,14-6-3-2-4-7-14)16-8-5-9-17(19)20-16;5-3(6)1-2-4(7)8/h2-9,15,22H,10-13H2,1H3;1-2H,(H,5,6)(H,7,8)/b;2-1-. The molecule has 1 aliphatic rings. The van der Waals surface area contributed by atoms with Crippen molar-refractivity contribution in [3.63, 3.8) is 0 Å². The fraction of sp³-hybridized carbons (Fsp3) is 0.318. The number of likely N-dealkylation sites (tertiary alicyclic amines) is 1. The highest BCUT2D eigenvalue weighted by Gasteiger charge is 2.42. The first-order valence-corrected chi connectivity index (χ1v) is 9.84. The molecule has 7 nitrogen and oxygen atoms in total. The summed E-state index contributed by atoms with van der Waals surface area (Å²) in [5.41, 5.74) is 0.438. The molecule has 160 valence electrons. The first-order chi connectivity index (χ1) is 14.2. The van der Waals surface area contributed by atoms with Crippen molar-refractivity contribution < 1.29 is 24.9 Å². The first-order valence-electron chi connectivity index (χ1n) is 9.47. The van der Waals surface area contributed by atoms with Gasteiger partial charge >= 0.3 is 11.9 Å². The topological polar surface area (TPSA) is 111 Å². The van der Waals surface area contributed by atoms with E-state index in [1.807, 2.05) is 42.5 Å². The molecule has 1 saturated heterocycles. The van der Waals surface area contributed by atoms with Gasteiger partial charge in [0.1, 0.15) is 10.8 Å². The summed E-state index contributed by atoms with van der Waals surface area (Å²) in [7, 11) is 2.12. The van der Waals surface area contributed by atoms with Crippen LogP contribution in [0.3, 0.4) is 0 Å². The molecule has 1 aromatic carbocycles. The molecular weight excluding hydrogens is 408 g/mol. The number of rotatable bonds is 5. The highest BCUT2D eigenvalue weighted by Crippen LogP contribution is 2.41. The van der Waals surface area contributed by atoms with Crippen molar-refractivity contribution in [1.82, 2.24) is 9.88 Å². The molecule has 0 saturated carbocycles. The van der Waals surface area contributed by atoms with Crippen molar-refractivity contribution in [3.8, 4) is 0 Å². The Kier molecular flexibility index (Phi) is 8.53. The van der Waals surface area contributed by atoms with Crippen LogP contribution in [0.5, 0.6) is 0 Å². The van der Waals surface area contributed by atoms with Gasteiger partial charge < -0.3 is 20.2 Å². The summed E-state index contributed by atoms with van der Waals surface area (Å²) in [6, 6.07) is 15.3. The van der Waals surface area contributed by atoms with Crippen LogP contribution in [0.15, 0.2) is 60.7 Å². The molecule has 8 heteroatoms. The summed E-state index contributed by atoms with van der Waals surface area (Å²) in [5.74, 6) is -2.38. The van der Waals surface area contributed by atoms with E-state index in [0.29, 0.717) is 23.0 Å². The Morgan fingerprint density at radius 3 is 2.10 bits per heavy atom. The van der Waals surface area contributed by atoms with Gasteiger partial charge in [0.05, 0.1) is 5.69 Å². The van der Waals surface area contributed by atoms with Gasteiger partial charge in [-0.3, -0.25) is 0 Å². The number of benzene rings is 1. The van der Waals surface area contributed by atoms with Crippen LogP contribution in [0.25, 0.3) is 0 Å². The van der Waals surface area contributed by atoms with Gasteiger partial charge in [-0.25, -0.2) is 14.6 Å². The second-order valence-corrected chi connectivity index (χ2v) is 7.45. The van der Waals surface area contributed by atoms with Crippen molar-refractivity contribution in [2.45, 2.75) is 18.4 Å². The molecule has 0 spiro atoms. The van der Waals surface area contributed by atoms with E-state index in [9.17, 15) is 14.7 Å². The molecule has 30 heavy (non-hydrogen) atoms. The zero-order chi connectivity index (χ0) is 22.1. The Morgan fingerprint density at radius 1 is 1.03 bits per heavy atom. The summed E-state index contributed by atoms with van der Waals surface area (Å²) in [6.45, 7) is 1.97. The van der Waals surface area contributed by atoms with E-state index in [0.717, 1.165) is 31.5 Å². The van der Waals surface area contributed by atoms with Crippen molar-refractivity contribution in [3.05, 3.63) is 77.1 Å². The number of hydrogen-bond donors (Lipinski definition) is 3. The number of carbonyl (C=O) groups is 2. The smallest absolute Gasteiger partial charge is 0.328 e. The van der Waals surface area contributed by atoms with Crippen LogP contribution in [0.1, 0.15) is 24.1 Å². The SMILES string of the molecule is CN1CCC(C(O)(c2ccccc2)c2cccc(Cl)n2)CC1.O=C(O)/C=C\C(=O)O. The maximum Gasteiger partial charge on any atom is 0.328 e. The van der Waals surface area contributed by atoms with Gasteiger partial charge in [-0.1, -0.05) is 48.0 Å². The molecule has 2 aromatic rings. The zero-order valence-corrected chi connectivity index (χ0v) is 17.4. The predicted molar refractivity (Wildman–Crippen MR) is 113 cm³/mol. The second-order valence-electron chi connectivity index (χ2n) is 7.07. The molecule has 0 radical (unpaired) electrons. The lowest BCUT2D eigenvalue weighted by Crippen LogP contribution is -2.43. The van der Waals surface area contributed by atoms with Gasteiger partial charge in [0.25, 0.3) is 0 Å². The summed E-state index contributed by atoms with van der Waals surface area (Å²) < 4.78 is 0. The minimum atomic E-state index is -1.26. The van der Waals surface area contributed by atoms with Crippen LogP contribution in [0.2, 0.25) is 5.15 Å². The molecule has 0 aliphatic carbocycles. The average molecular weight is 433 g/mol. The monoisotopic (exact) mass is 432 g/mol. The molecule has 2 heterocycles. The van der Waals surface area contributed by atoms with Gasteiger partial charge in [0, 0.05) is 18.1 Å². The Morgan fingerprint density at radius 2 is 1.60 bits per heavy atom. The lowest BCUT2D eigenvalue weighted by Gasteiger charge is -2.40. The zero-order valence-electron chi connectivity index (χ0n) is 16.6.